The predicted molar refractivity (Wildman–Crippen MR) is 97.9 cm³/mol. The predicted octanol–water partition coefficient (Wildman–Crippen LogP) is 2.81. The van der Waals surface area contributed by atoms with Gasteiger partial charge in [-0.1, -0.05) is 30.3 Å². The Morgan fingerprint density at radius 2 is 1.76 bits per heavy atom. The molecule has 0 saturated heterocycles. The number of aromatic hydroxyl groups is 2. The molecule has 0 aromatic heterocycles. The molecule has 0 fully saturated rings. The number of carbonyl (C=O) groups excluding carboxylic acids is 1. The number of benzene rings is 3. The number of rotatable bonds is 5. The standard InChI is InChI=1S/C19H17N3O3/c23-17-8-5-13(9-18(17)24)11-21-22-19(25)12-20-16-7-6-14-3-1-2-4-15(14)10-16/h1-11,20,23-24H,12H2,(H,22,25)/b21-11-. The van der Waals surface area contributed by atoms with E-state index >= 15 is 0 Å². The van der Waals surface area contributed by atoms with Gasteiger partial charge in [0, 0.05) is 5.69 Å². The number of phenols is 2. The average Bonchev–Trinajstić information content (AvgIpc) is 2.63. The topological polar surface area (TPSA) is 94.0 Å². The summed E-state index contributed by atoms with van der Waals surface area (Å²) in [6.45, 7) is 0.0799. The number of fused-ring (bicyclic) bond motifs is 1. The molecule has 6 heteroatoms. The van der Waals surface area contributed by atoms with Gasteiger partial charge in [0.15, 0.2) is 11.5 Å². The van der Waals surface area contributed by atoms with Gasteiger partial charge in [-0.2, -0.15) is 5.10 Å². The van der Waals surface area contributed by atoms with E-state index in [1.807, 2.05) is 42.5 Å². The lowest BCUT2D eigenvalue weighted by Crippen LogP contribution is -2.25. The maximum Gasteiger partial charge on any atom is 0.259 e. The van der Waals surface area contributed by atoms with E-state index in [0.717, 1.165) is 16.5 Å². The van der Waals surface area contributed by atoms with E-state index in [4.69, 9.17) is 0 Å². The first-order valence-corrected chi connectivity index (χ1v) is 7.68. The molecule has 0 radical (unpaired) electrons. The van der Waals surface area contributed by atoms with Crippen LogP contribution in [0.1, 0.15) is 5.56 Å². The zero-order chi connectivity index (χ0) is 17.6. The van der Waals surface area contributed by atoms with Crippen molar-refractivity contribution >= 4 is 28.6 Å². The SMILES string of the molecule is O=C(CNc1ccc2ccccc2c1)N/N=C\c1ccc(O)c(O)c1. The number of hydrogen-bond acceptors (Lipinski definition) is 5. The normalized spacial score (nSPS) is 10.9. The van der Waals surface area contributed by atoms with Crippen LogP contribution in [0.2, 0.25) is 0 Å². The smallest absolute Gasteiger partial charge is 0.259 e. The van der Waals surface area contributed by atoms with E-state index in [9.17, 15) is 15.0 Å². The number of hydrazone groups is 1. The Bertz CT molecular complexity index is 938. The van der Waals surface area contributed by atoms with Gasteiger partial charge in [-0.25, -0.2) is 5.43 Å². The molecule has 0 aliphatic carbocycles. The van der Waals surface area contributed by atoms with E-state index in [1.54, 1.807) is 6.07 Å². The molecule has 1 amide bonds. The Morgan fingerprint density at radius 3 is 2.56 bits per heavy atom. The summed E-state index contributed by atoms with van der Waals surface area (Å²) in [5.41, 5.74) is 3.80. The van der Waals surface area contributed by atoms with Crippen molar-refractivity contribution in [1.82, 2.24) is 5.43 Å². The van der Waals surface area contributed by atoms with Gasteiger partial charge in [0.1, 0.15) is 0 Å². The molecule has 4 N–H and O–H groups in total. The molecule has 3 aromatic carbocycles. The van der Waals surface area contributed by atoms with E-state index in [2.05, 4.69) is 15.8 Å². The molecule has 0 saturated carbocycles. The highest BCUT2D eigenvalue weighted by atomic mass is 16.3. The first kappa shape index (κ1) is 16.3. The Morgan fingerprint density at radius 1 is 0.960 bits per heavy atom. The number of nitrogens with zero attached hydrogens (tertiary/aromatic N) is 1. The summed E-state index contributed by atoms with van der Waals surface area (Å²) < 4.78 is 0. The van der Waals surface area contributed by atoms with Crippen molar-refractivity contribution < 1.29 is 15.0 Å². The highest BCUT2D eigenvalue weighted by molar-refractivity contribution is 5.87. The number of hydrogen-bond donors (Lipinski definition) is 4. The van der Waals surface area contributed by atoms with Crippen LogP contribution in [0.25, 0.3) is 10.8 Å². The molecule has 0 spiro atoms. The van der Waals surface area contributed by atoms with Crippen LogP contribution >= 0.6 is 0 Å². The molecule has 0 atom stereocenters. The first-order chi connectivity index (χ1) is 12.1. The van der Waals surface area contributed by atoms with Crippen molar-refractivity contribution in [3.8, 4) is 11.5 Å². The number of carbonyl (C=O) groups is 1. The highest BCUT2D eigenvalue weighted by Gasteiger charge is 2.01. The fraction of sp³-hybridized carbons (Fsp3) is 0.0526. The zero-order valence-electron chi connectivity index (χ0n) is 13.3. The Labute approximate surface area is 144 Å². The van der Waals surface area contributed by atoms with Crippen molar-refractivity contribution in [1.29, 1.82) is 0 Å². The second-order valence-electron chi connectivity index (χ2n) is 5.46. The van der Waals surface area contributed by atoms with Crippen LogP contribution in [-0.2, 0) is 4.79 Å². The lowest BCUT2D eigenvalue weighted by atomic mass is 10.1. The Balaban J connectivity index is 1.53. The molecule has 3 aromatic rings. The van der Waals surface area contributed by atoms with Crippen molar-refractivity contribution in [3.05, 3.63) is 66.2 Å². The molecule has 25 heavy (non-hydrogen) atoms. The largest absolute Gasteiger partial charge is 0.504 e. The third kappa shape index (κ3) is 4.26. The lowest BCUT2D eigenvalue weighted by molar-refractivity contribution is -0.119. The van der Waals surface area contributed by atoms with Crippen molar-refractivity contribution in [2.75, 3.05) is 11.9 Å². The van der Waals surface area contributed by atoms with Crippen LogP contribution in [0.5, 0.6) is 11.5 Å². The molecule has 3 rings (SSSR count). The van der Waals surface area contributed by atoms with Gasteiger partial charge in [-0.15, -0.1) is 0 Å². The van der Waals surface area contributed by atoms with Crippen LogP contribution < -0.4 is 10.7 Å². The molecule has 0 aliphatic heterocycles. The molecular weight excluding hydrogens is 318 g/mol. The number of phenolic OH excluding ortho intramolecular Hbond substituents is 2. The maximum atomic E-state index is 11.8. The van der Waals surface area contributed by atoms with Gasteiger partial charge < -0.3 is 15.5 Å². The summed E-state index contributed by atoms with van der Waals surface area (Å²) >= 11 is 0. The molecular formula is C19H17N3O3. The van der Waals surface area contributed by atoms with Crippen molar-refractivity contribution in [3.63, 3.8) is 0 Å². The van der Waals surface area contributed by atoms with E-state index in [1.165, 1.54) is 18.3 Å². The van der Waals surface area contributed by atoms with Crippen molar-refractivity contribution in [2.45, 2.75) is 0 Å². The van der Waals surface area contributed by atoms with E-state index in [0.29, 0.717) is 5.56 Å². The first-order valence-electron chi connectivity index (χ1n) is 7.68. The van der Waals surface area contributed by atoms with Gasteiger partial charge in [-0.3, -0.25) is 4.79 Å². The summed E-state index contributed by atoms with van der Waals surface area (Å²) in [4.78, 5) is 11.8. The van der Waals surface area contributed by atoms with Crippen LogP contribution in [0.3, 0.4) is 0 Å². The summed E-state index contributed by atoms with van der Waals surface area (Å²) in [7, 11) is 0. The zero-order valence-corrected chi connectivity index (χ0v) is 13.3. The van der Waals surface area contributed by atoms with Gasteiger partial charge in [0.25, 0.3) is 5.91 Å². The van der Waals surface area contributed by atoms with Crippen LogP contribution in [0.4, 0.5) is 5.69 Å². The summed E-state index contributed by atoms with van der Waals surface area (Å²) in [6, 6.07) is 18.1. The van der Waals surface area contributed by atoms with Crippen LogP contribution in [0, 0.1) is 0 Å². The molecule has 0 unspecified atom stereocenters. The second kappa shape index (κ2) is 7.35. The quantitative estimate of drug-likeness (QED) is 0.328. The fourth-order valence-corrected chi connectivity index (χ4v) is 2.32. The minimum Gasteiger partial charge on any atom is -0.504 e. The highest BCUT2D eigenvalue weighted by Crippen LogP contribution is 2.24. The second-order valence-corrected chi connectivity index (χ2v) is 5.46. The number of nitrogens with one attached hydrogen (secondary N) is 2. The molecule has 0 heterocycles. The molecule has 0 aliphatic rings. The third-order valence-electron chi connectivity index (χ3n) is 3.60. The molecule has 0 bridgehead atoms. The van der Waals surface area contributed by atoms with Gasteiger partial charge in [0.2, 0.25) is 0 Å². The maximum absolute atomic E-state index is 11.8. The Kier molecular flexibility index (Phi) is 4.80. The summed E-state index contributed by atoms with van der Waals surface area (Å²) in [5, 5.41) is 27.7. The molecule has 6 nitrogen and oxygen atoms in total. The fourth-order valence-electron chi connectivity index (χ4n) is 2.32. The monoisotopic (exact) mass is 335 g/mol. The number of anilines is 1. The number of amides is 1. The summed E-state index contributed by atoms with van der Waals surface area (Å²) in [6.07, 6.45) is 1.38. The molecule has 126 valence electrons. The minimum atomic E-state index is -0.299. The minimum absolute atomic E-state index is 0.0799. The van der Waals surface area contributed by atoms with E-state index in [-0.39, 0.29) is 24.0 Å². The lowest BCUT2D eigenvalue weighted by Gasteiger charge is -2.06. The van der Waals surface area contributed by atoms with E-state index < -0.39 is 0 Å². The van der Waals surface area contributed by atoms with Crippen molar-refractivity contribution in [2.24, 2.45) is 5.10 Å². The van der Waals surface area contributed by atoms with Gasteiger partial charge in [-0.05, 0) is 46.7 Å². The van der Waals surface area contributed by atoms with Crippen LogP contribution in [-0.4, -0.2) is 28.9 Å². The third-order valence-corrected chi connectivity index (χ3v) is 3.60. The average molecular weight is 335 g/mol. The van der Waals surface area contributed by atoms with Gasteiger partial charge in [0.05, 0.1) is 12.8 Å². The van der Waals surface area contributed by atoms with Crippen LogP contribution in [0.15, 0.2) is 65.8 Å². The summed E-state index contributed by atoms with van der Waals surface area (Å²) in [5.74, 6) is -0.749. The Hall–Kier alpha value is -3.54. The van der Waals surface area contributed by atoms with Gasteiger partial charge >= 0.3 is 0 Å².